The molecule has 1 aromatic carbocycles. The first kappa shape index (κ1) is 17.9. The van der Waals surface area contributed by atoms with E-state index in [4.69, 9.17) is 4.74 Å². The lowest BCUT2D eigenvalue weighted by molar-refractivity contribution is 0.405. The zero-order valence-electron chi connectivity index (χ0n) is 13.9. The van der Waals surface area contributed by atoms with Crippen LogP contribution in [0, 0.1) is 0 Å². The highest BCUT2D eigenvalue weighted by Gasteiger charge is 2.03. The molecule has 0 aliphatic heterocycles. The molecule has 0 unspecified atom stereocenters. The Morgan fingerprint density at radius 3 is 2.00 bits per heavy atom. The minimum atomic E-state index is 0.331. The van der Waals surface area contributed by atoms with Crippen LogP contribution >= 0.6 is 0 Å². The average molecular weight is 292 g/mol. The standard InChI is InChI=1S/C19H32O2/c1-3-4-5-6-7-8-9-10-11-12-13-17-16-18(20)14-15-19(17)21-2/h14-16,20H,3-13H2,1-2H3. The number of rotatable bonds is 12. The Morgan fingerprint density at radius 1 is 0.857 bits per heavy atom. The smallest absolute Gasteiger partial charge is 0.122 e. The summed E-state index contributed by atoms with van der Waals surface area (Å²) in [6.07, 6.45) is 14.5. The lowest BCUT2D eigenvalue weighted by Crippen LogP contribution is -1.92. The van der Waals surface area contributed by atoms with E-state index in [-0.39, 0.29) is 0 Å². The second kappa shape index (κ2) is 11.5. The Labute approximate surface area is 130 Å². The normalized spacial score (nSPS) is 10.8. The van der Waals surface area contributed by atoms with Gasteiger partial charge in [-0.25, -0.2) is 0 Å². The SMILES string of the molecule is CCCCCCCCCCCCc1cc(O)ccc1OC. The predicted molar refractivity (Wildman–Crippen MR) is 90.2 cm³/mol. The summed E-state index contributed by atoms with van der Waals surface area (Å²) < 4.78 is 5.33. The molecule has 1 aromatic rings. The van der Waals surface area contributed by atoms with Gasteiger partial charge >= 0.3 is 0 Å². The number of ether oxygens (including phenoxy) is 1. The van der Waals surface area contributed by atoms with Crippen molar-refractivity contribution in [2.45, 2.75) is 77.6 Å². The third kappa shape index (κ3) is 7.99. The van der Waals surface area contributed by atoms with Crippen molar-refractivity contribution in [2.24, 2.45) is 0 Å². The largest absolute Gasteiger partial charge is 0.508 e. The molecule has 0 radical (unpaired) electrons. The van der Waals surface area contributed by atoms with Crippen LogP contribution in [0.1, 0.15) is 76.7 Å². The van der Waals surface area contributed by atoms with Crippen LogP contribution in [0.5, 0.6) is 11.5 Å². The predicted octanol–water partition coefficient (Wildman–Crippen LogP) is 5.86. The lowest BCUT2D eigenvalue weighted by Gasteiger charge is -2.08. The van der Waals surface area contributed by atoms with Gasteiger partial charge in [-0.05, 0) is 36.6 Å². The second-order valence-electron chi connectivity index (χ2n) is 5.93. The first-order valence-corrected chi connectivity index (χ1v) is 8.63. The molecule has 0 fully saturated rings. The molecule has 0 aromatic heterocycles. The highest BCUT2D eigenvalue weighted by atomic mass is 16.5. The topological polar surface area (TPSA) is 29.5 Å². The number of phenols is 1. The van der Waals surface area contributed by atoms with Gasteiger partial charge in [0.05, 0.1) is 7.11 Å². The van der Waals surface area contributed by atoms with Crippen molar-refractivity contribution in [3.8, 4) is 11.5 Å². The van der Waals surface area contributed by atoms with E-state index in [0.717, 1.165) is 17.7 Å². The summed E-state index contributed by atoms with van der Waals surface area (Å²) in [5.41, 5.74) is 1.12. The first-order chi connectivity index (χ1) is 10.3. The maximum Gasteiger partial charge on any atom is 0.122 e. The van der Waals surface area contributed by atoms with E-state index in [1.165, 1.54) is 64.2 Å². The average Bonchev–Trinajstić information content (AvgIpc) is 2.49. The van der Waals surface area contributed by atoms with Crippen LogP contribution in [0.3, 0.4) is 0 Å². The quantitative estimate of drug-likeness (QED) is 0.489. The molecule has 120 valence electrons. The molecule has 2 nitrogen and oxygen atoms in total. The number of phenolic OH excluding ortho intramolecular Hbond substituents is 1. The Hall–Kier alpha value is -1.18. The minimum absolute atomic E-state index is 0.331. The highest BCUT2D eigenvalue weighted by molar-refractivity contribution is 5.39. The Bertz CT molecular complexity index is 374. The fourth-order valence-electron chi connectivity index (χ4n) is 2.76. The van der Waals surface area contributed by atoms with Crippen molar-refractivity contribution in [1.82, 2.24) is 0 Å². The van der Waals surface area contributed by atoms with Gasteiger partial charge in [-0.2, -0.15) is 0 Å². The maximum atomic E-state index is 9.54. The number of methoxy groups -OCH3 is 1. The van der Waals surface area contributed by atoms with E-state index in [1.807, 2.05) is 12.1 Å². The molecule has 0 aliphatic rings. The van der Waals surface area contributed by atoms with E-state index in [1.54, 1.807) is 13.2 Å². The van der Waals surface area contributed by atoms with Gasteiger partial charge in [0.2, 0.25) is 0 Å². The Kier molecular flexibility index (Phi) is 9.77. The monoisotopic (exact) mass is 292 g/mol. The molecule has 0 atom stereocenters. The fraction of sp³-hybridized carbons (Fsp3) is 0.684. The van der Waals surface area contributed by atoms with E-state index in [0.29, 0.717) is 5.75 Å². The van der Waals surface area contributed by atoms with Gasteiger partial charge in [0.25, 0.3) is 0 Å². The van der Waals surface area contributed by atoms with Crippen molar-refractivity contribution >= 4 is 0 Å². The third-order valence-corrected chi connectivity index (χ3v) is 4.06. The molecule has 21 heavy (non-hydrogen) atoms. The van der Waals surface area contributed by atoms with Crippen LogP contribution in [0.2, 0.25) is 0 Å². The maximum absolute atomic E-state index is 9.54. The van der Waals surface area contributed by atoms with Crippen LogP contribution < -0.4 is 4.74 Å². The fourth-order valence-corrected chi connectivity index (χ4v) is 2.76. The van der Waals surface area contributed by atoms with Crippen molar-refractivity contribution in [1.29, 1.82) is 0 Å². The van der Waals surface area contributed by atoms with Crippen LogP contribution in [-0.4, -0.2) is 12.2 Å². The molecule has 2 heteroatoms. The van der Waals surface area contributed by atoms with Crippen LogP contribution in [0.25, 0.3) is 0 Å². The van der Waals surface area contributed by atoms with Gasteiger partial charge in [-0.15, -0.1) is 0 Å². The first-order valence-electron chi connectivity index (χ1n) is 8.63. The second-order valence-corrected chi connectivity index (χ2v) is 5.93. The van der Waals surface area contributed by atoms with Gasteiger partial charge in [0.15, 0.2) is 0 Å². The summed E-state index contributed by atoms with van der Waals surface area (Å²) >= 11 is 0. The molecule has 0 heterocycles. The van der Waals surface area contributed by atoms with E-state index >= 15 is 0 Å². The Morgan fingerprint density at radius 2 is 1.43 bits per heavy atom. The molecule has 1 N–H and O–H groups in total. The van der Waals surface area contributed by atoms with Crippen molar-refractivity contribution in [3.63, 3.8) is 0 Å². The van der Waals surface area contributed by atoms with Crippen molar-refractivity contribution in [2.75, 3.05) is 7.11 Å². The summed E-state index contributed by atoms with van der Waals surface area (Å²) in [7, 11) is 1.69. The molecule has 0 saturated carbocycles. The summed E-state index contributed by atoms with van der Waals surface area (Å²) in [6.45, 7) is 2.27. The lowest BCUT2D eigenvalue weighted by atomic mass is 10.0. The summed E-state index contributed by atoms with van der Waals surface area (Å²) in [5.74, 6) is 1.22. The number of unbranched alkanes of at least 4 members (excludes halogenated alkanes) is 9. The zero-order chi connectivity index (χ0) is 15.3. The van der Waals surface area contributed by atoms with E-state index < -0.39 is 0 Å². The molecule has 0 amide bonds. The van der Waals surface area contributed by atoms with E-state index in [2.05, 4.69) is 6.92 Å². The summed E-state index contributed by atoms with van der Waals surface area (Å²) in [4.78, 5) is 0. The molecule has 1 rings (SSSR count). The summed E-state index contributed by atoms with van der Waals surface area (Å²) in [5, 5.41) is 9.54. The molecule has 0 saturated heterocycles. The van der Waals surface area contributed by atoms with Crippen molar-refractivity contribution in [3.05, 3.63) is 23.8 Å². The van der Waals surface area contributed by atoms with Crippen LogP contribution in [0.4, 0.5) is 0 Å². The van der Waals surface area contributed by atoms with E-state index in [9.17, 15) is 5.11 Å². The molecular formula is C19H32O2. The number of aryl methyl sites for hydroxylation is 1. The van der Waals surface area contributed by atoms with Crippen LogP contribution in [0.15, 0.2) is 18.2 Å². The van der Waals surface area contributed by atoms with Crippen molar-refractivity contribution < 1.29 is 9.84 Å². The highest BCUT2D eigenvalue weighted by Crippen LogP contribution is 2.25. The third-order valence-electron chi connectivity index (χ3n) is 4.06. The van der Waals surface area contributed by atoms with Crippen LogP contribution in [-0.2, 0) is 6.42 Å². The number of aromatic hydroxyl groups is 1. The molecule has 0 spiro atoms. The van der Waals surface area contributed by atoms with Gasteiger partial charge in [0.1, 0.15) is 11.5 Å². The van der Waals surface area contributed by atoms with Gasteiger partial charge in [-0.1, -0.05) is 64.7 Å². The summed E-state index contributed by atoms with van der Waals surface area (Å²) in [6, 6.07) is 5.36. The van der Waals surface area contributed by atoms with Gasteiger partial charge < -0.3 is 9.84 Å². The number of hydrogen-bond acceptors (Lipinski definition) is 2. The van der Waals surface area contributed by atoms with Gasteiger partial charge in [-0.3, -0.25) is 0 Å². The zero-order valence-corrected chi connectivity index (χ0v) is 13.9. The molecular weight excluding hydrogens is 260 g/mol. The molecule has 0 aliphatic carbocycles. The Balaban J connectivity index is 2.05. The number of hydrogen-bond donors (Lipinski definition) is 1. The minimum Gasteiger partial charge on any atom is -0.508 e. The number of benzene rings is 1. The molecule has 0 bridgehead atoms. The van der Waals surface area contributed by atoms with Gasteiger partial charge in [0, 0.05) is 0 Å².